The second-order valence-electron chi connectivity index (χ2n) is 4.32. The standard InChI is InChI=1S/C7H9NO6S2.C5H11NO2/c1-8-5-2-6(15(9,10)11)4-7(3-5)16(12,13)14;1-6-4-3-5(7)8-2/h2-4,8H,1H3,(H,9,10,11)(H,12,13,14);6H,3-4H2,1-2H3. The first kappa shape index (κ1) is 22.3. The summed E-state index contributed by atoms with van der Waals surface area (Å²) >= 11 is 0. The number of esters is 1. The first-order chi connectivity index (χ1) is 11.0. The van der Waals surface area contributed by atoms with Crippen LogP contribution in [0.1, 0.15) is 6.42 Å². The average molecular weight is 384 g/mol. The molecule has 1 aromatic carbocycles. The van der Waals surface area contributed by atoms with E-state index >= 15 is 0 Å². The van der Waals surface area contributed by atoms with E-state index in [1.807, 2.05) is 0 Å². The smallest absolute Gasteiger partial charge is 0.306 e. The Kier molecular flexibility index (Phi) is 8.85. The first-order valence-electron chi connectivity index (χ1n) is 6.45. The van der Waals surface area contributed by atoms with Crippen LogP contribution >= 0.6 is 0 Å². The zero-order chi connectivity index (χ0) is 19.0. The largest absolute Gasteiger partial charge is 0.469 e. The molecule has 0 unspecified atom stereocenters. The number of anilines is 1. The van der Waals surface area contributed by atoms with Crippen LogP contribution < -0.4 is 10.6 Å². The minimum Gasteiger partial charge on any atom is -0.469 e. The topological polar surface area (TPSA) is 159 Å². The van der Waals surface area contributed by atoms with E-state index in [0.29, 0.717) is 19.0 Å². The van der Waals surface area contributed by atoms with Gasteiger partial charge in [0.25, 0.3) is 20.2 Å². The number of hydrogen-bond acceptors (Lipinski definition) is 8. The molecule has 0 heterocycles. The Labute approximate surface area is 140 Å². The van der Waals surface area contributed by atoms with E-state index in [2.05, 4.69) is 15.4 Å². The maximum Gasteiger partial charge on any atom is 0.306 e. The van der Waals surface area contributed by atoms with E-state index in [0.717, 1.165) is 12.1 Å². The van der Waals surface area contributed by atoms with Crippen molar-refractivity contribution in [2.45, 2.75) is 16.2 Å². The fourth-order valence-corrected chi connectivity index (χ4v) is 2.52. The molecule has 4 N–H and O–H groups in total. The number of benzene rings is 1. The number of rotatable bonds is 6. The van der Waals surface area contributed by atoms with Crippen molar-refractivity contribution in [3.8, 4) is 0 Å². The van der Waals surface area contributed by atoms with Gasteiger partial charge in [-0.05, 0) is 25.2 Å². The minimum absolute atomic E-state index is 0.128. The predicted molar refractivity (Wildman–Crippen MR) is 86.2 cm³/mol. The molecule has 24 heavy (non-hydrogen) atoms. The molecule has 0 aromatic heterocycles. The van der Waals surface area contributed by atoms with Gasteiger partial charge in [0.05, 0.1) is 23.3 Å². The molecule has 0 fully saturated rings. The highest BCUT2D eigenvalue weighted by Crippen LogP contribution is 2.21. The van der Waals surface area contributed by atoms with Gasteiger partial charge in [-0.25, -0.2) is 0 Å². The molecule has 10 nitrogen and oxygen atoms in total. The number of hydrogen-bond donors (Lipinski definition) is 4. The maximum absolute atomic E-state index is 10.8. The Hall–Kier alpha value is -1.73. The van der Waals surface area contributed by atoms with Crippen molar-refractivity contribution in [3.63, 3.8) is 0 Å². The third kappa shape index (κ3) is 8.21. The lowest BCUT2D eigenvalue weighted by Crippen LogP contribution is -2.13. The monoisotopic (exact) mass is 384 g/mol. The molecule has 0 aliphatic rings. The summed E-state index contributed by atoms with van der Waals surface area (Å²) in [6.45, 7) is 0.687. The summed E-state index contributed by atoms with van der Waals surface area (Å²) in [5.74, 6) is -0.167. The summed E-state index contributed by atoms with van der Waals surface area (Å²) in [5, 5.41) is 5.33. The van der Waals surface area contributed by atoms with Crippen LogP contribution in [0.2, 0.25) is 0 Å². The summed E-state index contributed by atoms with van der Waals surface area (Å²) in [4.78, 5) is 9.07. The fraction of sp³-hybridized carbons (Fsp3) is 0.417. The van der Waals surface area contributed by atoms with Crippen LogP contribution in [0.3, 0.4) is 0 Å². The first-order valence-corrected chi connectivity index (χ1v) is 9.33. The van der Waals surface area contributed by atoms with Gasteiger partial charge in [-0.15, -0.1) is 0 Å². The molecule has 0 spiro atoms. The third-order valence-corrected chi connectivity index (χ3v) is 4.23. The molecule has 0 aliphatic heterocycles. The van der Waals surface area contributed by atoms with E-state index in [9.17, 15) is 21.6 Å². The molecular formula is C12H20N2O8S2. The zero-order valence-electron chi connectivity index (χ0n) is 13.3. The predicted octanol–water partition coefficient (Wildman–Crippen LogP) is -0.00940. The summed E-state index contributed by atoms with van der Waals surface area (Å²) in [6, 6.07) is 2.72. The Balaban J connectivity index is 0.000000561. The molecular weight excluding hydrogens is 364 g/mol. The molecule has 0 atom stereocenters. The Morgan fingerprint density at radius 2 is 1.50 bits per heavy atom. The van der Waals surface area contributed by atoms with Crippen molar-refractivity contribution < 1.29 is 35.5 Å². The van der Waals surface area contributed by atoms with Crippen LogP contribution in [0.4, 0.5) is 5.69 Å². The SMILES string of the molecule is CNCCC(=O)OC.CNc1cc(S(=O)(=O)O)cc(S(=O)(=O)O)c1. The second kappa shape index (κ2) is 9.54. The molecule has 0 aliphatic carbocycles. The number of carbonyl (C=O) groups is 1. The van der Waals surface area contributed by atoms with Gasteiger partial charge in [0, 0.05) is 19.3 Å². The van der Waals surface area contributed by atoms with Crippen molar-refractivity contribution in [2.24, 2.45) is 0 Å². The number of nitrogens with one attached hydrogen (secondary N) is 2. The Bertz CT molecular complexity index is 709. The highest BCUT2D eigenvalue weighted by Gasteiger charge is 2.17. The van der Waals surface area contributed by atoms with E-state index in [1.54, 1.807) is 7.05 Å². The van der Waals surface area contributed by atoms with E-state index in [4.69, 9.17) is 9.11 Å². The average Bonchev–Trinajstić information content (AvgIpc) is 2.50. The molecule has 1 aromatic rings. The quantitative estimate of drug-likeness (QED) is 0.388. The van der Waals surface area contributed by atoms with Gasteiger partial charge in [-0.1, -0.05) is 0 Å². The molecule has 0 radical (unpaired) electrons. The Morgan fingerprint density at radius 3 is 1.79 bits per heavy atom. The molecule has 0 saturated carbocycles. The van der Waals surface area contributed by atoms with Crippen LogP contribution in [0.5, 0.6) is 0 Å². The minimum atomic E-state index is -4.53. The van der Waals surface area contributed by atoms with Gasteiger partial charge < -0.3 is 15.4 Å². The second-order valence-corrected chi connectivity index (χ2v) is 7.17. The summed E-state index contributed by atoms with van der Waals surface area (Å²) < 4.78 is 65.2. The van der Waals surface area contributed by atoms with Crippen molar-refractivity contribution in [1.82, 2.24) is 5.32 Å². The summed E-state index contributed by atoms with van der Waals surface area (Å²) in [6.07, 6.45) is 0.451. The fourth-order valence-electron chi connectivity index (χ4n) is 1.34. The lowest BCUT2D eigenvalue weighted by Gasteiger charge is -2.05. The molecule has 0 saturated heterocycles. The van der Waals surface area contributed by atoms with Gasteiger partial charge in [0.2, 0.25) is 0 Å². The van der Waals surface area contributed by atoms with Crippen LogP contribution in [-0.2, 0) is 29.8 Å². The van der Waals surface area contributed by atoms with Gasteiger partial charge in [-0.3, -0.25) is 13.9 Å². The van der Waals surface area contributed by atoms with Crippen molar-refractivity contribution in [3.05, 3.63) is 18.2 Å². The third-order valence-electron chi connectivity index (χ3n) is 2.57. The number of methoxy groups -OCH3 is 1. The van der Waals surface area contributed by atoms with Gasteiger partial charge in [0.1, 0.15) is 0 Å². The van der Waals surface area contributed by atoms with Crippen LogP contribution in [0.25, 0.3) is 0 Å². The summed E-state index contributed by atoms with van der Waals surface area (Å²) in [7, 11) is -4.46. The molecule has 0 amide bonds. The lowest BCUT2D eigenvalue weighted by atomic mass is 10.3. The molecule has 138 valence electrons. The van der Waals surface area contributed by atoms with Crippen molar-refractivity contribution in [2.75, 3.05) is 33.1 Å². The molecule has 0 bridgehead atoms. The summed E-state index contributed by atoms with van der Waals surface area (Å²) in [5.41, 5.74) is 0.128. The molecule has 12 heteroatoms. The van der Waals surface area contributed by atoms with Gasteiger partial charge >= 0.3 is 5.97 Å². The Morgan fingerprint density at radius 1 is 1.04 bits per heavy atom. The number of carbonyl (C=O) groups excluding carboxylic acids is 1. The van der Waals surface area contributed by atoms with Crippen molar-refractivity contribution in [1.29, 1.82) is 0 Å². The maximum atomic E-state index is 10.8. The molecule has 1 rings (SSSR count). The highest BCUT2D eigenvalue weighted by atomic mass is 32.2. The van der Waals surface area contributed by atoms with E-state index in [-0.39, 0.29) is 11.7 Å². The van der Waals surface area contributed by atoms with Gasteiger partial charge in [-0.2, -0.15) is 16.8 Å². The normalized spacial score (nSPS) is 11.2. The van der Waals surface area contributed by atoms with Crippen molar-refractivity contribution >= 4 is 31.9 Å². The van der Waals surface area contributed by atoms with Gasteiger partial charge in [0.15, 0.2) is 0 Å². The van der Waals surface area contributed by atoms with Crippen LogP contribution in [0.15, 0.2) is 28.0 Å². The highest BCUT2D eigenvalue weighted by molar-refractivity contribution is 7.86. The van der Waals surface area contributed by atoms with Crippen LogP contribution in [0, 0.1) is 0 Å². The zero-order valence-corrected chi connectivity index (χ0v) is 14.9. The van der Waals surface area contributed by atoms with E-state index < -0.39 is 30.0 Å². The van der Waals surface area contributed by atoms with E-state index in [1.165, 1.54) is 14.2 Å². The van der Waals surface area contributed by atoms with Crippen LogP contribution in [-0.4, -0.2) is 59.7 Å². The lowest BCUT2D eigenvalue weighted by molar-refractivity contribution is -0.140. The number of ether oxygens (including phenoxy) is 1.